The number of ether oxygens (including phenoxy) is 2. The number of esters is 1. The van der Waals surface area contributed by atoms with Gasteiger partial charge in [0.05, 0.1) is 7.11 Å². The van der Waals surface area contributed by atoms with Crippen molar-refractivity contribution in [3.8, 4) is 11.5 Å². The second-order valence-corrected chi connectivity index (χ2v) is 5.93. The first-order valence-corrected chi connectivity index (χ1v) is 8.02. The summed E-state index contributed by atoms with van der Waals surface area (Å²) in [5.74, 6) is -0.197. The van der Waals surface area contributed by atoms with Crippen molar-refractivity contribution in [1.29, 1.82) is 0 Å². The van der Waals surface area contributed by atoms with E-state index in [1.165, 1.54) is 7.11 Å². The van der Waals surface area contributed by atoms with E-state index in [1.807, 2.05) is 19.9 Å². The van der Waals surface area contributed by atoms with Gasteiger partial charge in [-0.15, -0.1) is 0 Å². The summed E-state index contributed by atoms with van der Waals surface area (Å²) in [6.45, 7) is 3.90. The zero-order valence-corrected chi connectivity index (χ0v) is 14.8. The predicted octanol–water partition coefficient (Wildman–Crippen LogP) is 2.61. The zero-order chi connectivity index (χ0) is 17.9. The first-order chi connectivity index (χ1) is 11.4. The summed E-state index contributed by atoms with van der Waals surface area (Å²) in [7, 11) is 1.53. The van der Waals surface area contributed by atoms with Gasteiger partial charge in [0.1, 0.15) is 23.7 Å². The fourth-order valence-electron chi connectivity index (χ4n) is 2.77. The van der Waals surface area contributed by atoms with Crippen LogP contribution in [0.25, 0.3) is 0 Å². The van der Waals surface area contributed by atoms with E-state index in [2.05, 4.69) is 17.5 Å². The van der Waals surface area contributed by atoms with Crippen LogP contribution in [0.3, 0.4) is 0 Å². The summed E-state index contributed by atoms with van der Waals surface area (Å²) >= 11 is 3.71. The zero-order valence-electron chi connectivity index (χ0n) is 13.9. The Labute approximate surface area is 146 Å². The second kappa shape index (κ2) is 7.61. The van der Waals surface area contributed by atoms with E-state index >= 15 is 0 Å². The quantitative estimate of drug-likeness (QED) is 0.417. The number of methoxy groups -OCH3 is 1. The molecule has 0 atom stereocenters. The van der Waals surface area contributed by atoms with E-state index in [0.717, 1.165) is 11.1 Å². The molecule has 0 saturated heterocycles. The Kier molecular flexibility index (Phi) is 5.77. The molecule has 0 fully saturated rings. The minimum Gasteiger partial charge on any atom is -0.507 e. The number of amides is 1. The molecule has 6 nitrogen and oxygen atoms in total. The van der Waals surface area contributed by atoms with E-state index in [1.54, 1.807) is 0 Å². The number of rotatable bonds is 6. The minimum atomic E-state index is -0.513. The van der Waals surface area contributed by atoms with Crippen LogP contribution in [0.1, 0.15) is 46.8 Å². The van der Waals surface area contributed by atoms with Crippen molar-refractivity contribution >= 4 is 24.7 Å². The van der Waals surface area contributed by atoms with Crippen molar-refractivity contribution in [1.82, 2.24) is 4.72 Å². The number of hydrogen-bond donors (Lipinski definition) is 3. The SMILES string of the molecule is COc1c(C)c2c(c(O)c1C/C=C(\C)CCC(=O)NS)C(=O)OC2. The van der Waals surface area contributed by atoms with Crippen LogP contribution in [0.4, 0.5) is 0 Å². The first kappa shape index (κ1) is 18.2. The molecule has 0 saturated carbocycles. The predicted molar refractivity (Wildman–Crippen MR) is 92.3 cm³/mol. The number of phenolic OH excluding ortho intramolecular Hbond substituents is 1. The molecule has 130 valence electrons. The normalized spacial score (nSPS) is 13.5. The lowest BCUT2D eigenvalue weighted by Gasteiger charge is -2.15. The molecular formula is C17H21NO5S. The van der Waals surface area contributed by atoms with Gasteiger partial charge in [0.25, 0.3) is 0 Å². The van der Waals surface area contributed by atoms with Crippen molar-refractivity contribution in [2.24, 2.45) is 0 Å². The van der Waals surface area contributed by atoms with Crippen molar-refractivity contribution < 1.29 is 24.2 Å². The molecule has 7 heteroatoms. The summed E-state index contributed by atoms with van der Waals surface area (Å²) in [4.78, 5) is 23.1. The number of thiol groups is 1. The van der Waals surface area contributed by atoms with Crippen LogP contribution in [0.2, 0.25) is 0 Å². The van der Waals surface area contributed by atoms with Crippen LogP contribution < -0.4 is 9.46 Å². The van der Waals surface area contributed by atoms with Gasteiger partial charge < -0.3 is 19.3 Å². The number of carbonyl (C=O) groups excluding carboxylic acids is 2. The number of allylic oxidation sites excluding steroid dienone is 2. The number of hydrogen-bond acceptors (Lipinski definition) is 6. The first-order valence-electron chi connectivity index (χ1n) is 7.57. The van der Waals surface area contributed by atoms with Crippen molar-refractivity contribution in [2.45, 2.75) is 39.7 Å². The van der Waals surface area contributed by atoms with Crippen molar-refractivity contribution in [3.63, 3.8) is 0 Å². The molecule has 1 aromatic rings. The largest absolute Gasteiger partial charge is 0.507 e. The minimum absolute atomic E-state index is 0.0906. The highest BCUT2D eigenvalue weighted by Crippen LogP contribution is 2.41. The van der Waals surface area contributed by atoms with Gasteiger partial charge in [-0.25, -0.2) is 4.79 Å². The maximum Gasteiger partial charge on any atom is 0.342 e. The van der Waals surface area contributed by atoms with Crippen LogP contribution in [-0.4, -0.2) is 24.1 Å². The van der Waals surface area contributed by atoms with Gasteiger partial charge in [0.2, 0.25) is 5.91 Å². The summed E-state index contributed by atoms with van der Waals surface area (Å²) in [5.41, 5.74) is 3.24. The van der Waals surface area contributed by atoms with E-state index in [0.29, 0.717) is 36.1 Å². The highest BCUT2D eigenvalue weighted by Gasteiger charge is 2.31. The highest BCUT2D eigenvalue weighted by molar-refractivity contribution is 7.78. The Morgan fingerprint density at radius 2 is 2.17 bits per heavy atom. The molecule has 0 radical (unpaired) electrons. The number of carbonyl (C=O) groups is 2. The molecule has 1 aliphatic heterocycles. The van der Waals surface area contributed by atoms with E-state index in [-0.39, 0.29) is 23.8 Å². The molecule has 0 aliphatic carbocycles. The Bertz CT molecular complexity index is 712. The average molecular weight is 351 g/mol. The fraction of sp³-hybridized carbons (Fsp3) is 0.412. The molecule has 0 spiro atoms. The topological polar surface area (TPSA) is 84.9 Å². The van der Waals surface area contributed by atoms with E-state index in [4.69, 9.17) is 9.47 Å². The third kappa shape index (κ3) is 3.51. The van der Waals surface area contributed by atoms with Crippen LogP contribution in [0.15, 0.2) is 11.6 Å². The Morgan fingerprint density at radius 3 is 2.79 bits per heavy atom. The molecule has 24 heavy (non-hydrogen) atoms. The van der Waals surface area contributed by atoms with Crippen LogP contribution in [0, 0.1) is 6.92 Å². The summed E-state index contributed by atoms with van der Waals surface area (Å²) in [6, 6.07) is 0. The Hall–Kier alpha value is -2.15. The summed E-state index contributed by atoms with van der Waals surface area (Å²) < 4.78 is 12.7. The van der Waals surface area contributed by atoms with Crippen LogP contribution in [0.5, 0.6) is 11.5 Å². The van der Waals surface area contributed by atoms with Crippen LogP contribution >= 0.6 is 12.8 Å². The number of nitrogens with one attached hydrogen (secondary N) is 1. The van der Waals surface area contributed by atoms with Crippen molar-refractivity contribution in [2.75, 3.05) is 7.11 Å². The average Bonchev–Trinajstić information content (AvgIpc) is 2.96. The van der Waals surface area contributed by atoms with Gasteiger partial charge in [-0.2, -0.15) is 0 Å². The van der Waals surface area contributed by atoms with Gasteiger partial charge in [0, 0.05) is 17.5 Å². The van der Waals surface area contributed by atoms with Gasteiger partial charge in [0.15, 0.2) is 0 Å². The van der Waals surface area contributed by atoms with E-state index in [9.17, 15) is 14.7 Å². The molecule has 1 heterocycles. The number of fused-ring (bicyclic) bond motifs is 1. The Morgan fingerprint density at radius 1 is 1.46 bits per heavy atom. The van der Waals surface area contributed by atoms with Gasteiger partial charge in [-0.1, -0.05) is 24.5 Å². The summed E-state index contributed by atoms with van der Waals surface area (Å²) in [6.07, 6.45) is 3.23. The lowest BCUT2D eigenvalue weighted by Crippen LogP contribution is -2.11. The smallest absolute Gasteiger partial charge is 0.342 e. The third-order valence-corrected chi connectivity index (χ3v) is 4.42. The molecular weight excluding hydrogens is 330 g/mol. The summed E-state index contributed by atoms with van der Waals surface area (Å²) in [5, 5.41) is 10.5. The Balaban J connectivity index is 2.30. The lowest BCUT2D eigenvalue weighted by atomic mass is 9.94. The molecule has 0 bridgehead atoms. The molecule has 0 unspecified atom stereocenters. The number of cyclic esters (lactones) is 1. The van der Waals surface area contributed by atoms with E-state index < -0.39 is 5.97 Å². The molecule has 0 aromatic heterocycles. The van der Waals surface area contributed by atoms with Crippen LogP contribution in [-0.2, 0) is 22.6 Å². The number of aromatic hydroxyl groups is 1. The monoisotopic (exact) mass is 351 g/mol. The standard InChI is InChI=1S/C17H21NO5S/c1-9(5-7-13(19)18-24)4-6-11-15(20)14-12(8-23-17(14)21)10(2)16(11)22-3/h4,20,24H,5-8H2,1-3H3,(H,18,19)/b9-4+. The fourth-order valence-corrected chi connectivity index (χ4v) is 2.88. The lowest BCUT2D eigenvalue weighted by molar-refractivity contribution is -0.119. The molecule has 1 aromatic carbocycles. The number of phenols is 1. The molecule has 1 aliphatic rings. The van der Waals surface area contributed by atoms with Crippen molar-refractivity contribution in [3.05, 3.63) is 33.9 Å². The van der Waals surface area contributed by atoms with Gasteiger partial charge >= 0.3 is 5.97 Å². The van der Waals surface area contributed by atoms with Gasteiger partial charge in [-0.05, 0) is 32.3 Å². The second-order valence-electron chi connectivity index (χ2n) is 5.70. The van der Waals surface area contributed by atoms with Gasteiger partial charge in [-0.3, -0.25) is 4.79 Å². The maximum absolute atomic E-state index is 11.8. The molecule has 2 N–H and O–H groups in total. The maximum atomic E-state index is 11.8. The highest BCUT2D eigenvalue weighted by atomic mass is 32.1. The third-order valence-electron chi connectivity index (χ3n) is 4.17. The molecule has 2 rings (SSSR count). The molecule has 1 amide bonds. The number of benzene rings is 1.